The number of hydrogen-bond acceptors (Lipinski definition) is 2. The summed E-state index contributed by atoms with van der Waals surface area (Å²) in [6.07, 6.45) is -1.43. The first kappa shape index (κ1) is 20.5. The first-order valence-electron chi connectivity index (χ1n) is 7.63. The molecule has 0 bridgehead atoms. The van der Waals surface area contributed by atoms with Crippen LogP contribution in [0.5, 0.6) is 0 Å². The van der Waals surface area contributed by atoms with E-state index in [0.717, 1.165) is 32.0 Å². The highest BCUT2D eigenvalue weighted by atomic mass is 35.5. The molecule has 24 heavy (non-hydrogen) atoms. The number of likely N-dealkylation sites (N-methyl/N-ethyl adjacent to an activating group) is 1. The third-order valence-electron chi connectivity index (χ3n) is 4.20. The van der Waals surface area contributed by atoms with Gasteiger partial charge in [0.05, 0.1) is 5.56 Å². The van der Waals surface area contributed by atoms with Crippen molar-refractivity contribution < 1.29 is 18.0 Å². The summed E-state index contributed by atoms with van der Waals surface area (Å²) < 4.78 is 39.2. The molecule has 1 aliphatic heterocycles. The van der Waals surface area contributed by atoms with E-state index in [2.05, 4.69) is 5.32 Å². The van der Waals surface area contributed by atoms with Crippen molar-refractivity contribution in [3.63, 3.8) is 0 Å². The van der Waals surface area contributed by atoms with Crippen LogP contribution in [0.1, 0.15) is 30.9 Å². The molecule has 0 radical (unpaired) electrons. The lowest BCUT2D eigenvalue weighted by molar-refractivity contribution is -0.137. The minimum atomic E-state index is -4.43. The summed E-state index contributed by atoms with van der Waals surface area (Å²) in [5, 5.41) is 3.22. The number of alkyl halides is 3. The summed E-state index contributed by atoms with van der Waals surface area (Å²) in [4.78, 5) is 14.0. The Morgan fingerprint density at radius 3 is 2.42 bits per heavy atom. The molecule has 7 heteroatoms. The molecule has 3 nitrogen and oxygen atoms in total. The minimum Gasteiger partial charge on any atom is -0.339 e. The summed E-state index contributed by atoms with van der Waals surface area (Å²) in [7, 11) is 1.71. The van der Waals surface area contributed by atoms with Crippen molar-refractivity contribution in [2.45, 2.75) is 32.0 Å². The minimum absolute atomic E-state index is 0. The Labute approximate surface area is 146 Å². The first-order chi connectivity index (χ1) is 10.8. The van der Waals surface area contributed by atoms with Crippen molar-refractivity contribution in [2.24, 2.45) is 0 Å². The van der Waals surface area contributed by atoms with Gasteiger partial charge in [0, 0.05) is 19.2 Å². The van der Waals surface area contributed by atoms with Crippen LogP contribution in [0.4, 0.5) is 13.2 Å². The predicted octanol–water partition coefficient (Wildman–Crippen LogP) is 3.74. The van der Waals surface area contributed by atoms with E-state index in [4.69, 9.17) is 0 Å². The molecule has 134 valence electrons. The lowest BCUT2D eigenvalue weighted by Crippen LogP contribution is -2.43. The molecule has 1 amide bonds. The lowest BCUT2D eigenvalue weighted by atomic mass is 9.99. The van der Waals surface area contributed by atoms with E-state index < -0.39 is 11.7 Å². The third kappa shape index (κ3) is 4.98. The van der Waals surface area contributed by atoms with Crippen molar-refractivity contribution >= 4 is 23.9 Å². The van der Waals surface area contributed by atoms with Gasteiger partial charge in [0.25, 0.3) is 0 Å². The number of carbonyl (C=O) groups is 1. The first-order valence-corrected chi connectivity index (χ1v) is 7.63. The fourth-order valence-electron chi connectivity index (χ4n) is 2.81. The fourth-order valence-corrected chi connectivity index (χ4v) is 2.81. The van der Waals surface area contributed by atoms with Gasteiger partial charge in [-0.1, -0.05) is 18.2 Å². The summed E-state index contributed by atoms with van der Waals surface area (Å²) >= 11 is 0. The molecule has 1 fully saturated rings. The number of piperidine rings is 1. The van der Waals surface area contributed by atoms with Crippen LogP contribution in [0.15, 0.2) is 30.3 Å². The molecule has 1 N–H and O–H groups in total. The second kappa shape index (κ2) is 8.53. The Bertz CT molecular complexity index is 596. The Morgan fingerprint density at radius 1 is 1.25 bits per heavy atom. The van der Waals surface area contributed by atoms with Crippen molar-refractivity contribution in [3.8, 4) is 0 Å². The number of nitrogens with one attached hydrogen (secondary N) is 1. The topological polar surface area (TPSA) is 32.3 Å². The van der Waals surface area contributed by atoms with Gasteiger partial charge in [-0.05, 0) is 50.1 Å². The van der Waals surface area contributed by atoms with Crippen LogP contribution in [0, 0.1) is 0 Å². The van der Waals surface area contributed by atoms with Gasteiger partial charge >= 0.3 is 6.18 Å². The zero-order valence-corrected chi connectivity index (χ0v) is 14.5. The normalized spacial score (nSPS) is 16.5. The molecule has 0 atom stereocenters. The van der Waals surface area contributed by atoms with Crippen LogP contribution in [-0.2, 0) is 11.0 Å². The van der Waals surface area contributed by atoms with Gasteiger partial charge in [-0.25, -0.2) is 0 Å². The van der Waals surface area contributed by atoms with E-state index in [1.165, 1.54) is 18.2 Å². The smallest absolute Gasteiger partial charge is 0.339 e. The Kier molecular flexibility index (Phi) is 7.29. The maximum Gasteiger partial charge on any atom is 0.416 e. The quantitative estimate of drug-likeness (QED) is 0.831. The third-order valence-corrected chi connectivity index (χ3v) is 4.20. The summed E-state index contributed by atoms with van der Waals surface area (Å²) in [5.41, 5.74) is -0.346. The highest BCUT2D eigenvalue weighted by molar-refractivity contribution is 5.95. The van der Waals surface area contributed by atoms with Crippen molar-refractivity contribution in [2.75, 3.05) is 20.1 Å². The average Bonchev–Trinajstić information content (AvgIpc) is 2.54. The van der Waals surface area contributed by atoms with E-state index in [1.54, 1.807) is 24.9 Å². The van der Waals surface area contributed by atoms with Crippen LogP contribution in [0.25, 0.3) is 5.57 Å². The zero-order valence-electron chi connectivity index (χ0n) is 13.7. The number of carbonyl (C=O) groups excluding carboxylic acids is 1. The number of rotatable bonds is 3. The lowest BCUT2D eigenvalue weighted by Gasteiger charge is -2.31. The van der Waals surface area contributed by atoms with E-state index >= 15 is 0 Å². The summed E-state index contributed by atoms with van der Waals surface area (Å²) in [6, 6.07) is 5.46. The molecule has 1 saturated heterocycles. The highest BCUT2D eigenvalue weighted by Crippen LogP contribution is 2.34. The van der Waals surface area contributed by atoms with Crippen LogP contribution >= 0.6 is 12.4 Å². The highest BCUT2D eigenvalue weighted by Gasteiger charge is 2.33. The molecule has 1 aliphatic rings. The molecule has 2 rings (SSSR count). The van der Waals surface area contributed by atoms with Gasteiger partial charge in [0.1, 0.15) is 0 Å². The Hall–Kier alpha value is -1.53. The standard InChI is InChI=1S/C17H21F3N2O.ClH/c1-12(14-5-3-4-6-15(14)17(18,19)20)11-16(23)22(2)13-7-9-21-10-8-13;/h3-6,11,13,21H,7-10H2,1-2H3;1H. The van der Waals surface area contributed by atoms with Gasteiger partial charge in [-0.3, -0.25) is 4.79 Å². The molecular weight excluding hydrogens is 341 g/mol. The van der Waals surface area contributed by atoms with Crippen molar-refractivity contribution in [3.05, 3.63) is 41.5 Å². The monoisotopic (exact) mass is 362 g/mol. The van der Waals surface area contributed by atoms with Crippen molar-refractivity contribution in [1.29, 1.82) is 0 Å². The SMILES string of the molecule is CC(=CC(=O)N(C)C1CCNCC1)c1ccccc1C(F)(F)F.Cl. The number of amides is 1. The number of halogens is 4. The van der Waals surface area contributed by atoms with E-state index in [9.17, 15) is 18.0 Å². The molecule has 1 heterocycles. The molecule has 0 spiro atoms. The molecular formula is C17H22ClF3N2O. The summed E-state index contributed by atoms with van der Waals surface area (Å²) in [5.74, 6) is -0.258. The van der Waals surface area contributed by atoms with E-state index in [0.29, 0.717) is 5.57 Å². The molecule has 1 aromatic rings. The fraction of sp³-hybridized carbons (Fsp3) is 0.471. The molecule has 0 unspecified atom stereocenters. The zero-order chi connectivity index (χ0) is 17.0. The summed E-state index contributed by atoms with van der Waals surface area (Å²) in [6.45, 7) is 3.24. The Morgan fingerprint density at radius 2 is 1.83 bits per heavy atom. The van der Waals surface area contributed by atoms with Crippen LogP contribution < -0.4 is 5.32 Å². The Balaban J connectivity index is 0.00000288. The number of nitrogens with zero attached hydrogens (tertiary/aromatic N) is 1. The molecule has 0 saturated carbocycles. The van der Waals surface area contributed by atoms with Crippen LogP contribution in [-0.4, -0.2) is 37.0 Å². The maximum atomic E-state index is 13.1. The molecule has 0 aliphatic carbocycles. The number of hydrogen-bond donors (Lipinski definition) is 1. The van der Waals surface area contributed by atoms with E-state index in [1.807, 2.05) is 0 Å². The molecule has 0 aromatic heterocycles. The molecule has 1 aromatic carbocycles. The largest absolute Gasteiger partial charge is 0.416 e. The number of benzene rings is 1. The van der Waals surface area contributed by atoms with E-state index in [-0.39, 0.29) is 29.9 Å². The predicted molar refractivity (Wildman–Crippen MR) is 91.0 cm³/mol. The van der Waals surface area contributed by atoms with Gasteiger partial charge < -0.3 is 10.2 Å². The van der Waals surface area contributed by atoms with Gasteiger partial charge in [-0.15, -0.1) is 12.4 Å². The maximum absolute atomic E-state index is 13.1. The second-order valence-corrected chi connectivity index (χ2v) is 5.80. The van der Waals surface area contributed by atoms with Gasteiger partial charge in [0.2, 0.25) is 5.91 Å². The van der Waals surface area contributed by atoms with Crippen LogP contribution in [0.3, 0.4) is 0 Å². The van der Waals surface area contributed by atoms with Gasteiger partial charge in [0.15, 0.2) is 0 Å². The average molecular weight is 363 g/mol. The second-order valence-electron chi connectivity index (χ2n) is 5.80. The van der Waals surface area contributed by atoms with Crippen LogP contribution in [0.2, 0.25) is 0 Å². The van der Waals surface area contributed by atoms with Crippen molar-refractivity contribution in [1.82, 2.24) is 10.2 Å². The van der Waals surface area contributed by atoms with Gasteiger partial charge in [-0.2, -0.15) is 13.2 Å². The number of allylic oxidation sites excluding steroid dienone is 1.